The maximum absolute atomic E-state index is 5.91. The van der Waals surface area contributed by atoms with Crippen LogP contribution in [0.5, 0.6) is 0 Å². The van der Waals surface area contributed by atoms with E-state index in [0.717, 1.165) is 25.9 Å². The molecule has 0 spiro atoms. The molecule has 0 amide bonds. The molecule has 0 aliphatic rings. The molecule has 0 rings (SSSR count). The average Bonchev–Trinajstić information content (AvgIpc) is 1.97. The molecule has 60 valence electrons. The van der Waals surface area contributed by atoms with Crippen molar-refractivity contribution in [1.82, 2.24) is 0 Å². The molecule has 0 saturated carbocycles. The number of hydrogen-bond donors (Lipinski definition) is 0. The number of ether oxygens (including phenoxy) is 1. The van der Waals surface area contributed by atoms with Gasteiger partial charge in [0.05, 0.1) is 0 Å². The first-order valence-electron chi connectivity index (χ1n) is 3.55. The lowest BCUT2D eigenvalue weighted by Crippen LogP contribution is -2.02. The molecule has 2 heteroatoms. The van der Waals surface area contributed by atoms with Gasteiger partial charge in [-0.3, -0.25) is 0 Å². The van der Waals surface area contributed by atoms with Crippen LogP contribution in [0.2, 0.25) is 0 Å². The summed E-state index contributed by atoms with van der Waals surface area (Å²) < 4.78 is 4.88. The van der Waals surface area contributed by atoms with E-state index in [0.29, 0.717) is 0 Å². The average molecular weight is 163 g/mol. The van der Waals surface area contributed by atoms with Gasteiger partial charge in [0.15, 0.2) is 0 Å². The van der Waals surface area contributed by atoms with Crippen molar-refractivity contribution in [3.8, 4) is 0 Å². The largest absolute Gasteiger partial charge is 0.385 e. The third kappa shape index (κ3) is 6.12. The molecule has 0 aromatic rings. The van der Waals surface area contributed by atoms with Gasteiger partial charge in [-0.15, -0.1) is 18.2 Å². The highest BCUT2D eigenvalue weighted by molar-refractivity contribution is 6.20. The highest BCUT2D eigenvalue weighted by Gasteiger charge is 2.01. The van der Waals surface area contributed by atoms with Crippen LogP contribution in [0.15, 0.2) is 12.7 Å². The second kappa shape index (κ2) is 7.10. The molecular formula is C8H15ClO. The molecule has 1 unspecified atom stereocenters. The normalized spacial score (nSPS) is 13.0. The van der Waals surface area contributed by atoms with Crippen LogP contribution in [-0.4, -0.2) is 19.1 Å². The molecule has 0 fully saturated rings. The second-order valence-corrected chi connectivity index (χ2v) is 2.86. The van der Waals surface area contributed by atoms with E-state index in [4.69, 9.17) is 16.3 Å². The molecule has 1 nitrogen and oxygen atoms in total. The molecule has 0 heterocycles. The van der Waals surface area contributed by atoms with E-state index in [1.807, 2.05) is 6.08 Å². The van der Waals surface area contributed by atoms with Crippen molar-refractivity contribution in [2.24, 2.45) is 0 Å². The smallest absolute Gasteiger partial charge is 0.0476 e. The fraction of sp³-hybridized carbons (Fsp3) is 0.750. The summed E-state index contributed by atoms with van der Waals surface area (Å²) in [6, 6.07) is 0. The third-order valence-electron chi connectivity index (χ3n) is 1.32. The van der Waals surface area contributed by atoms with E-state index in [1.54, 1.807) is 7.11 Å². The maximum atomic E-state index is 5.91. The Morgan fingerprint density at radius 1 is 1.60 bits per heavy atom. The monoisotopic (exact) mass is 162 g/mol. The Balaban J connectivity index is 3.07. The van der Waals surface area contributed by atoms with Crippen LogP contribution in [0, 0.1) is 0 Å². The van der Waals surface area contributed by atoms with Crippen molar-refractivity contribution in [3.05, 3.63) is 12.7 Å². The van der Waals surface area contributed by atoms with Crippen LogP contribution in [0.4, 0.5) is 0 Å². The molecule has 0 saturated heterocycles. The predicted octanol–water partition coefficient (Wildman–Crippen LogP) is 2.60. The molecule has 0 aliphatic heterocycles. The summed E-state index contributed by atoms with van der Waals surface area (Å²) in [5.41, 5.74) is 0. The van der Waals surface area contributed by atoms with Crippen molar-refractivity contribution >= 4 is 11.6 Å². The second-order valence-electron chi connectivity index (χ2n) is 2.24. The van der Waals surface area contributed by atoms with Gasteiger partial charge < -0.3 is 4.74 Å². The fourth-order valence-electron chi connectivity index (χ4n) is 0.689. The fourth-order valence-corrected chi connectivity index (χ4v) is 0.904. The molecule has 0 radical (unpaired) electrons. The lowest BCUT2D eigenvalue weighted by atomic mass is 10.2. The predicted molar refractivity (Wildman–Crippen MR) is 45.6 cm³/mol. The van der Waals surface area contributed by atoms with Gasteiger partial charge in [0, 0.05) is 19.1 Å². The Kier molecular flexibility index (Phi) is 7.09. The summed E-state index contributed by atoms with van der Waals surface area (Å²) in [6.07, 6.45) is 4.83. The molecular weight excluding hydrogens is 148 g/mol. The summed E-state index contributed by atoms with van der Waals surface area (Å²) in [7, 11) is 1.69. The first-order valence-corrected chi connectivity index (χ1v) is 3.98. The van der Waals surface area contributed by atoms with Gasteiger partial charge in [-0.25, -0.2) is 0 Å². The van der Waals surface area contributed by atoms with Crippen LogP contribution in [0.3, 0.4) is 0 Å². The lowest BCUT2D eigenvalue weighted by molar-refractivity contribution is 0.193. The lowest BCUT2D eigenvalue weighted by Gasteiger charge is -2.05. The number of rotatable bonds is 6. The van der Waals surface area contributed by atoms with Crippen molar-refractivity contribution in [2.75, 3.05) is 13.7 Å². The minimum Gasteiger partial charge on any atom is -0.385 e. The maximum Gasteiger partial charge on any atom is 0.0476 e. The Morgan fingerprint density at radius 3 is 2.80 bits per heavy atom. The highest BCUT2D eigenvalue weighted by atomic mass is 35.5. The summed E-state index contributed by atoms with van der Waals surface area (Å²) in [4.78, 5) is 0. The Labute approximate surface area is 68.0 Å². The van der Waals surface area contributed by atoms with E-state index in [2.05, 4.69) is 6.58 Å². The summed E-state index contributed by atoms with van der Waals surface area (Å²) in [6.45, 7) is 4.38. The van der Waals surface area contributed by atoms with Gasteiger partial charge >= 0.3 is 0 Å². The van der Waals surface area contributed by atoms with Crippen LogP contribution < -0.4 is 0 Å². The van der Waals surface area contributed by atoms with Crippen molar-refractivity contribution in [2.45, 2.75) is 24.6 Å². The van der Waals surface area contributed by atoms with Gasteiger partial charge in [0.25, 0.3) is 0 Å². The van der Waals surface area contributed by atoms with Crippen LogP contribution in [0.25, 0.3) is 0 Å². The van der Waals surface area contributed by atoms with Gasteiger partial charge in [-0.2, -0.15) is 0 Å². The van der Waals surface area contributed by atoms with Gasteiger partial charge in [-0.05, 0) is 19.3 Å². The van der Waals surface area contributed by atoms with E-state index < -0.39 is 0 Å². The van der Waals surface area contributed by atoms with Crippen LogP contribution in [0.1, 0.15) is 19.3 Å². The number of halogens is 1. The number of alkyl halides is 1. The van der Waals surface area contributed by atoms with Crippen molar-refractivity contribution in [1.29, 1.82) is 0 Å². The highest BCUT2D eigenvalue weighted by Crippen LogP contribution is 2.09. The molecule has 0 bridgehead atoms. The summed E-state index contributed by atoms with van der Waals surface area (Å²) >= 11 is 5.91. The first kappa shape index (κ1) is 9.99. The molecule has 0 N–H and O–H groups in total. The van der Waals surface area contributed by atoms with Crippen LogP contribution >= 0.6 is 11.6 Å². The van der Waals surface area contributed by atoms with E-state index in [-0.39, 0.29) is 5.38 Å². The third-order valence-corrected chi connectivity index (χ3v) is 1.76. The van der Waals surface area contributed by atoms with E-state index in [1.165, 1.54) is 0 Å². The van der Waals surface area contributed by atoms with Crippen LogP contribution in [-0.2, 0) is 4.74 Å². The standard InChI is InChI=1S/C8H15ClO/c1-3-4-5-8(9)6-7-10-2/h3,8H,1,4-7H2,2H3. The Bertz CT molecular complexity index is 83.3. The minimum atomic E-state index is 0.248. The SMILES string of the molecule is C=CCCC(Cl)CCOC. The molecule has 0 aromatic heterocycles. The molecule has 0 aliphatic carbocycles. The molecule has 0 aromatic carbocycles. The zero-order valence-electron chi connectivity index (χ0n) is 6.48. The number of methoxy groups -OCH3 is 1. The van der Waals surface area contributed by atoms with E-state index in [9.17, 15) is 0 Å². The Hall–Kier alpha value is -0.0100. The van der Waals surface area contributed by atoms with Crippen molar-refractivity contribution < 1.29 is 4.74 Å². The zero-order chi connectivity index (χ0) is 7.82. The number of hydrogen-bond acceptors (Lipinski definition) is 1. The van der Waals surface area contributed by atoms with Gasteiger partial charge in [0.1, 0.15) is 0 Å². The van der Waals surface area contributed by atoms with Crippen molar-refractivity contribution in [3.63, 3.8) is 0 Å². The summed E-state index contributed by atoms with van der Waals surface area (Å²) in [5.74, 6) is 0. The zero-order valence-corrected chi connectivity index (χ0v) is 7.23. The number of allylic oxidation sites excluding steroid dienone is 1. The van der Waals surface area contributed by atoms with E-state index >= 15 is 0 Å². The Morgan fingerprint density at radius 2 is 2.30 bits per heavy atom. The quantitative estimate of drug-likeness (QED) is 0.431. The minimum absolute atomic E-state index is 0.248. The summed E-state index contributed by atoms with van der Waals surface area (Å²) in [5, 5.41) is 0.248. The van der Waals surface area contributed by atoms with Gasteiger partial charge in [0.2, 0.25) is 0 Å². The molecule has 1 atom stereocenters. The van der Waals surface area contributed by atoms with Gasteiger partial charge in [-0.1, -0.05) is 6.08 Å². The first-order chi connectivity index (χ1) is 4.81. The molecule has 10 heavy (non-hydrogen) atoms. The topological polar surface area (TPSA) is 9.23 Å².